The first-order valence-corrected chi connectivity index (χ1v) is 18.1. The number of rotatable bonds is 6. The largest absolute Gasteiger partial charge is 0.310 e. The van der Waals surface area contributed by atoms with Crippen molar-refractivity contribution in [2.24, 2.45) is 0 Å². The van der Waals surface area contributed by atoms with E-state index >= 15 is 0 Å². The molecule has 0 spiro atoms. The van der Waals surface area contributed by atoms with Gasteiger partial charge in [-0.2, -0.15) is 0 Å². The number of aromatic nitrogens is 1. The number of hydrogen-bond acceptors (Lipinski definition) is 1. The van der Waals surface area contributed by atoms with Crippen LogP contribution in [0.25, 0.3) is 49.7 Å². The molecule has 0 amide bonds. The predicted octanol–water partition coefficient (Wildman–Crippen LogP) is 13.5. The van der Waals surface area contributed by atoms with Crippen LogP contribution >= 0.6 is 0 Å². The minimum absolute atomic E-state index is 0.118. The zero-order chi connectivity index (χ0) is 34.7. The molecule has 8 aromatic rings. The van der Waals surface area contributed by atoms with E-state index < -0.39 is 0 Å². The Morgan fingerprint density at radius 2 is 0.902 bits per heavy atom. The molecule has 2 heteroatoms. The van der Waals surface area contributed by atoms with Gasteiger partial charge in [0, 0.05) is 33.5 Å². The van der Waals surface area contributed by atoms with Crippen molar-refractivity contribution in [1.82, 2.24) is 4.57 Å². The van der Waals surface area contributed by atoms with Gasteiger partial charge in [-0.1, -0.05) is 143 Å². The average Bonchev–Trinajstić information content (AvgIpc) is 3.58. The third-order valence-electron chi connectivity index (χ3n) is 11.0. The van der Waals surface area contributed by atoms with Crippen molar-refractivity contribution in [3.63, 3.8) is 0 Å². The second-order valence-electron chi connectivity index (χ2n) is 15.4. The maximum absolute atomic E-state index is 2.48. The van der Waals surface area contributed by atoms with Crippen LogP contribution in [0.2, 0.25) is 0 Å². The highest BCUT2D eigenvalue weighted by molar-refractivity contribution is 6.10. The van der Waals surface area contributed by atoms with Crippen LogP contribution in [-0.4, -0.2) is 4.57 Å². The molecule has 0 N–H and O–H groups in total. The van der Waals surface area contributed by atoms with Gasteiger partial charge in [0.2, 0.25) is 0 Å². The molecule has 7 aromatic carbocycles. The maximum Gasteiger partial charge on any atom is 0.0561 e. The first kappa shape index (κ1) is 31.1. The lowest BCUT2D eigenvalue weighted by atomic mass is 9.82. The summed E-state index contributed by atoms with van der Waals surface area (Å²) in [6.07, 6.45) is 1.15. The Kier molecular flexibility index (Phi) is 7.26. The molecule has 0 aliphatic heterocycles. The molecule has 1 aliphatic carbocycles. The van der Waals surface area contributed by atoms with E-state index in [1.54, 1.807) is 0 Å². The molecule has 1 aromatic heterocycles. The molecule has 0 saturated carbocycles. The lowest BCUT2D eigenvalue weighted by Crippen LogP contribution is -2.18. The molecule has 0 radical (unpaired) electrons. The third-order valence-corrected chi connectivity index (χ3v) is 11.0. The monoisotopic (exact) mass is 658 g/mol. The van der Waals surface area contributed by atoms with Gasteiger partial charge in [0.05, 0.1) is 11.0 Å². The van der Waals surface area contributed by atoms with Gasteiger partial charge in [-0.3, -0.25) is 0 Å². The van der Waals surface area contributed by atoms with Crippen LogP contribution in [0.4, 0.5) is 17.1 Å². The van der Waals surface area contributed by atoms with Crippen LogP contribution < -0.4 is 4.90 Å². The minimum atomic E-state index is 0.118. The Balaban J connectivity index is 1.23. The van der Waals surface area contributed by atoms with Crippen LogP contribution in [0.5, 0.6) is 0 Å². The second-order valence-corrected chi connectivity index (χ2v) is 15.4. The molecular formula is C49H42N2. The highest BCUT2D eigenvalue weighted by Crippen LogP contribution is 2.50. The van der Waals surface area contributed by atoms with Crippen molar-refractivity contribution in [2.45, 2.75) is 44.9 Å². The highest BCUT2D eigenvalue weighted by Gasteiger charge is 2.41. The van der Waals surface area contributed by atoms with Crippen molar-refractivity contribution in [3.05, 3.63) is 181 Å². The average molecular weight is 659 g/mol. The van der Waals surface area contributed by atoms with E-state index in [0.29, 0.717) is 0 Å². The fraction of sp³-hybridized carbons (Fsp3) is 0.143. The lowest BCUT2D eigenvalue weighted by molar-refractivity contribution is 0.403. The summed E-state index contributed by atoms with van der Waals surface area (Å²) < 4.78 is 2.48. The summed E-state index contributed by atoms with van der Waals surface area (Å²) in [5.41, 5.74) is 15.1. The maximum atomic E-state index is 2.48. The van der Waals surface area contributed by atoms with Gasteiger partial charge in [0.15, 0.2) is 0 Å². The van der Waals surface area contributed by atoms with E-state index in [4.69, 9.17) is 0 Å². The number of benzene rings is 7. The van der Waals surface area contributed by atoms with Crippen molar-refractivity contribution < 1.29 is 0 Å². The summed E-state index contributed by atoms with van der Waals surface area (Å²) in [6.45, 7) is 9.58. The molecule has 0 fully saturated rings. The first-order valence-electron chi connectivity index (χ1n) is 18.1. The summed E-state index contributed by atoms with van der Waals surface area (Å²) in [7, 11) is 0. The van der Waals surface area contributed by atoms with Gasteiger partial charge in [-0.25, -0.2) is 0 Å². The predicted molar refractivity (Wildman–Crippen MR) is 217 cm³/mol. The van der Waals surface area contributed by atoms with Crippen LogP contribution in [0.15, 0.2) is 170 Å². The van der Waals surface area contributed by atoms with E-state index in [2.05, 4.69) is 207 Å². The third kappa shape index (κ3) is 5.34. The van der Waals surface area contributed by atoms with Crippen LogP contribution in [0, 0.1) is 0 Å². The van der Waals surface area contributed by atoms with E-state index in [0.717, 1.165) is 23.5 Å². The topological polar surface area (TPSA) is 8.17 Å². The van der Waals surface area contributed by atoms with Crippen molar-refractivity contribution in [2.75, 3.05) is 4.90 Å². The number of para-hydroxylation sites is 1. The van der Waals surface area contributed by atoms with Crippen LogP contribution in [0.1, 0.15) is 45.2 Å². The number of hydrogen-bond donors (Lipinski definition) is 0. The summed E-state index contributed by atoms with van der Waals surface area (Å²) >= 11 is 0. The molecule has 0 saturated heterocycles. The van der Waals surface area contributed by atoms with E-state index in [1.165, 1.54) is 60.9 Å². The van der Waals surface area contributed by atoms with Gasteiger partial charge in [0.1, 0.15) is 0 Å². The summed E-state index contributed by atoms with van der Waals surface area (Å²) in [5.74, 6) is 0. The minimum Gasteiger partial charge on any atom is -0.310 e. The molecule has 1 aliphatic rings. The Morgan fingerprint density at radius 3 is 1.51 bits per heavy atom. The molecule has 248 valence electrons. The van der Waals surface area contributed by atoms with E-state index in [-0.39, 0.29) is 10.8 Å². The van der Waals surface area contributed by atoms with Gasteiger partial charge < -0.3 is 9.47 Å². The zero-order valence-corrected chi connectivity index (χ0v) is 29.8. The fourth-order valence-electron chi connectivity index (χ4n) is 8.81. The van der Waals surface area contributed by atoms with Gasteiger partial charge in [0.25, 0.3) is 0 Å². The summed E-state index contributed by atoms with van der Waals surface area (Å²) in [6, 6.07) is 62.1. The van der Waals surface area contributed by atoms with E-state index in [1.807, 2.05) is 0 Å². The smallest absolute Gasteiger partial charge is 0.0561 e. The SMILES string of the molecule is CC1(C)CC(C)(C)c2cc(-n3c4ccccc4c4ccc(N(c5ccc(-c6ccccc6)cc5)c5ccc(-c6ccccc6)cc5)cc43)ccc21. The van der Waals surface area contributed by atoms with Crippen LogP contribution in [-0.2, 0) is 10.8 Å². The summed E-state index contributed by atoms with van der Waals surface area (Å²) in [4.78, 5) is 2.39. The van der Waals surface area contributed by atoms with Crippen molar-refractivity contribution >= 4 is 38.9 Å². The summed E-state index contributed by atoms with van der Waals surface area (Å²) in [5, 5.41) is 2.53. The molecule has 0 atom stereocenters. The second kappa shape index (κ2) is 11.9. The number of nitrogens with zero attached hydrogens (tertiary/aromatic N) is 2. The molecule has 0 bridgehead atoms. The number of fused-ring (bicyclic) bond motifs is 4. The normalized spacial score (nSPS) is 14.5. The number of anilines is 3. The van der Waals surface area contributed by atoms with Gasteiger partial charge in [-0.05, 0) is 105 Å². The molecule has 2 nitrogen and oxygen atoms in total. The molecule has 51 heavy (non-hydrogen) atoms. The Hall–Kier alpha value is -5.86. The van der Waals surface area contributed by atoms with Crippen molar-refractivity contribution in [3.8, 4) is 27.9 Å². The van der Waals surface area contributed by atoms with Crippen LogP contribution in [0.3, 0.4) is 0 Å². The molecule has 9 rings (SSSR count). The Morgan fingerprint density at radius 1 is 0.412 bits per heavy atom. The molecule has 0 unspecified atom stereocenters. The van der Waals surface area contributed by atoms with Crippen molar-refractivity contribution in [1.29, 1.82) is 0 Å². The Labute approximate surface area is 301 Å². The Bertz CT molecular complexity index is 2440. The quantitative estimate of drug-likeness (QED) is 0.173. The zero-order valence-electron chi connectivity index (χ0n) is 29.8. The first-order chi connectivity index (χ1) is 24.8. The lowest BCUT2D eigenvalue weighted by Gasteiger charge is -2.26. The van der Waals surface area contributed by atoms with Gasteiger partial charge >= 0.3 is 0 Å². The molecule has 1 heterocycles. The fourth-order valence-corrected chi connectivity index (χ4v) is 8.81. The van der Waals surface area contributed by atoms with Gasteiger partial charge in [-0.15, -0.1) is 0 Å². The van der Waals surface area contributed by atoms with E-state index in [9.17, 15) is 0 Å². The standard InChI is InChI=1S/C49H42N2/c1-48(2)33-49(3,4)45-31-40(28-30-44(45)48)51-46-18-12-11-17-42(46)43-29-27-41(32-47(43)51)50(38-23-19-36(20-24-38)34-13-7-5-8-14-34)39-25-21-37(22-26-39)35-15-9-6-10-16-35/h5-32H,33H2,1-4H3. The molecular weight excluding hydrogens is 617 g/mol. The highest BCUT2D eigenvalue weighted by atomic mass is 15.1.